The second kappa shape index (κ2) is 9.32. The average molecular weight is 393 g/mol. The van der Waals surface area contributed by atoms with E-state index in [9.17, 15) is 4.79 Å². The number of hydrogen-bond donors (Lipinski definition) is 0. The van der Waals surface area contributed by atoms with E-state index in [1.165, 1.54) is 0 Å². The lowest BCUT2D eigenvalue weighted by Gasteiger charge is -2.34. The molecule has 1 saturated heterocycles. The Balaban J connectivity index is 0.00000261. The van der Waals surface area contributed by atoms with E-state index in [4.69, 9.17) is 9.47 Å². The highest BCUT2D eigenvalue weighted by molar-refractivity contribution is 5.92. The number of carbonyl (C=O) groups is 1. The third-order valence-corrected chi connectivity index (χ3v) is 4.50. The van der Waals surface area contributed by atoms with Crippen molar-refractivity contribution in [3.05, 3.63) is 42.2 Å². The van der Waals surface area contributed by atoms with Crippen molar-refractivity contribution in [2.45, 2.75) is 0 Å². The topological polar surface area (TPSA) is 59.8 Å². The smallest absolute Gasteiger partial charge is 0.246 e. The van der Waals surface area contributed by atoms with E-state index in [1.54, 1.807) is 32.6 Å². The number of methoxy groups -OCH3 is 2. The lowest BCUT2D eigenvalue weighted by Crippen LogP contribution is -2.49. The average Bonchev–Trinajstić information content (AvgIpc) is 3.11. The summed E-state index contributed by atoms with van der Waals surface area (Å²) in [6.07, 6.45) is 7.13. The molecule has 2 aromatic rings. The summed E-state index contributed by atoms with van der Waals surface area (Å²) in [5.41, 5.74) is 0.891. The van der Waals surface area contributed by atoms with E-state index in [2.05, 4.69) is 9.88 Å². The highest BCUT2D eigenvalue weighted by Gasteiger charge is 2.21. The molecule has 0 bridgehead atoms. The number of hydrogen-bond acceptors (Lipinski definition) is 5. The zero-order valence-electron chi connectivity index (χ0n) is 15.8. The lowest BCUT2D eigenvalue weighted by molar-refractivity contribution is -0.126. The van der Waals surface area contributed by atoms with Gasteiger partial charge in [0.05, 0.1) is 14.2 Å². The Morgan fingerprint density at radius 3 is 2.41 bits per heavy atom. The number of benzene rings is 1. The summed E-state index contributed by atoms with van der Waals surface area (Å²) in [7, 11) is 5.17. The molecule has 0 unspecified atom stereocenters. The predicted octanol–water partition coefficient (Wildman–Crippen LogP) is 2.22. The minimum absolute atomic E-state index is 0. The van der Waals surface area contributed by atoms with Gasteiger partial charge < -0.3 is 23.8 Å². The Bertz CT molecular complexity index is 798. The Labute approximate surface area is 165 Å². The van der Waals surface area contributed by atoms with Crippen molar-refractivity contribution in [3.8, 4) is 11.5 Å². The number of amides is 1. The molecule has 1 aliphatic rings. The van der Waals surface area contributed by atoms with Crippen LogP contribution in [0.1, 0.15) is 5.56 Å². The van der Waals surface area contributed by atoms with Gasteiger partial charge in [0.15, 0.2) is 11.5 Å². The van der Waals surface area contributed by atoms with Gasteiger partial charge in [-0.1, -0.05) is 6.07 Å². The van der Waals surface area contributed by atoms with E-state index in [0.29, 0.717) is 24.6 Å². The number of aryl methyl sites for hydroxylation is 1. The molecule has 1 aromatic heterocycles. The van der Waals surface area contributed by atoms with Crippen LogP contribution in [-0.4, -0.2) is 60.8 Å². The van der Waals surface area contributed by atoms with Gasteiger partial charge in [0.1, 0.15) is 0 Å². The van der Waals surface area contributed by atoms with Crippen LogP contribution in [0.15, 0.2) is 36.7 Å². The number of ether oxygens (including phenoxy) is 2. The molecule has 1 aliphatic heterocycles. The number of aromatic nitrogens is 2. The minimum Gasteiger partial charge on any atom is -0.493 e. The first-order valence-corrected chi connectivity index (χ1v) is 8.53. The van der Waals surface area contributed by atoms with Crippen molar-refractivity contribution in [2.75, 3.05) is 45.3 Å². The Morgan fingerprint density at radius 1 is 1.11 bits per heavy atom. The van der Waals surface area contributed by atoms with Crippen LogP contribution >= 0.6 is 12.4 Å². The van der Waals surface area contributed by atoms with Gasteiger partial charge in [-0.05, 0) is 23.8 Å². The van der Waals surface area contributed by atoms with E-state index in [0.717, 1.165) is 24.6 Å². The first kappa shape index (κ1) is 20.6. The summed E-state index contributed by atoms with van der Waals surface area (Å²) in [6, 6.07) is 5.57. The fraction of sp³-hybridized carbons (Fsp3) is 0.368. The van der Waals surface area contributed by atoms with E-state index in [-0.39, 0.29) is 18.3 Å². The highest BCUT2D eigenvalue weighted by atomic mass is 35.5. The molecule has 0 atom stereocenters. The molecule has 146 valence electrons. The number of rotatable bonds is 5. The molecule has 1 fully saturated rings. The molecule has 0 spiro atoms. The van der Waals surface area contributed by atoms with E-state index >= 15 is 0 Å². The summed E-state index contributed by atoms with van der Waals surface area (Å²) in [6.45, 7) is 2.92. The fourth-order valence-electron chi connectivity index (χ4n) is 3.02. The number of imidazole rings is 1. The maximum atomic E-state index is 12.5. The number of halogens is 1. The summed E-state index contributed by atoms with van der Waals surface area (Å²) < 4.78 is 12.5. The first-order valence-electron chi connectivity index (χ1n) is 8.53. The summed E-state index contributed by atoms with van der Waals surface area (Å²) in [4.78, 5) is 20.9. The summed E-state index contributed by atoms with van der Waals surface area (Å²) in [5.74, 6) is 2.27. The van der Waals surface area contributed by atoms with Crippen molar-refractivity contribution in [3.63, 3.8) is 0 Å². The van der Waals surface area contributed by atoms with E-state index in [1.807, 2.05) is 40.9 Å². The first-order chi connectivity index (χ1) is 12.6. The summed E-state index contributed by atoms with van der Waals surface area (Å²) in [5, 5.41) is 0. The van der Waals surface area contributed by atoms with Crippen LogP contribution in [0.4, 0.5) is 5.95 Å². The van der Waals surface area contributed by atoms with Crippen LogP contribution in [0.25, 0.3) is 6.08 Å². The fourth-order valence-corrected chi connectivity index (χ4v) is 3.02. The Morgan fingerprint density at radius 2 is 1.81 bits per heavy atom. The van der Waals surface area contributed by atoms with Gasteiger partial charge in [-0.25, -0.2) is 4.98 Å². The zero-order valence-corrected chi connectivity index (χ0v) is 16.6. The lowest BCUT2D eigenvalue weighted by atomic mass is 10.2. The van der Waals surface area contributed by atoms with Gasteiger partial charge in [-0.3, -0.25) is 4.79 Å². The minimum atomic E-state index is 0. The quantitative estimate of drug-likeness (QED) is 0.730. The number of nitrogens with zero attached hydrogens (tertiary/aromatic N) is 4. The monoisotopic (exact) mass is 392 g/mol. The zero-order chi connectivity index (χ0) is 18.5. The van der Waals surface area contributed by atoms with Crippen LogP contribution in [0, 0.1) is 0 Å². The van der Waals surface area contributed by atoms with E-state index < -0.39 is 0 Å². The van der Waals surface area contributed by atoms with Gasteiger partial charge in [0, 0.05) is 51.7 Å². The molecule has 0 N–H and O–H groups in total. The molecular formula is C19H25ClN4O3. The van der Waals surface area contributed by atoms with Crippen LogP contribution in [0.2, 0.25) is 0 Å². The van der Waals surface area contributed by atoms with Crippen LogP contribution in [0.3, 0.4) is 0 Å². The third kappa shape index (κ3) is 4.74. The molecule has 1 amide bonds. The van der Waals surface area contributed by atoms with Gasteiger partial charge in [-0.15, -0.1) is 12.4 Å². The molecule has 0 saturated carbocycles. The molecule has 0 aliphatic carbocycles. The molecule has 7 nitrogen and oxygen atoms in total. The largest absolute Gasteiger partial charge is 0.493 e. The van der Waals surface area contributed by atoms with Crippen LogP contribution in [0.5, 0.6) is 11.5 Å². The van der Waals surface area contributed by atoms with Crippen molar-refractivity contribution < 1.29 is 14.3 Å². The molecule has 3 rings (SSSR count). The second-order valence-electron chi connectivity index (χ2n) is 6.10. The number of carbonyl (C=O) groups excluding carboxylic acids is 1. The molecule has 27 heavy (non-hydrogen) atoms. The van der Waals surface area contributed by atoms with Crippen molar-refractivity contribution in [1.29, 1.82) is 0 Å². The molecule has 8 heteroatoms. The van der Waals surface area contributed by atoms with Gasteiger partial charge in [0.2, 0.25) is 11.9 Å². The molecule has 1 aromatic carbocycles. The molecule has 0 radical (unpaired) electrons. The molecule has 2 heterocycles. The normalized spacial score (nSPS) is 14.2. The van der Waals surface area contributed by atoms with Gasteiger partial charge in [-0.2, -0.15) is 0 Å². The highest BCUT2D eigenvalue weighted by Crippen LogP contribution is 2.28. The van der Waals surface area contributed by atoms with Crippen molar-refractivity contribution in [1.82, 2.24) is 14.5 Å². The second-order valence-corrected chi connectivity index (χ2v) is 6.10. The van der Waals surface area contributed by atoms with Crippen LogP contribution < -0.4 is 14.4 Å². The Kier molecular flexibility index (Phi) is 7.12. The number of anilines is 1. The SMILES string of the molecule is COc1ccc(C=CC(=O)N2CCN(c3nccn3C)CC2)cc1OC.Cl. The van der Waals surface area contributed by atoms with Crippen molar-refractivity contribution in [2.24, 2.45) is 7.05 Å². The third-order valence-electron chi connectivity index (χ3n) is 4.50. The van der Waals surface area contributed by atoms with Crippen molar-refractivity contribution >= 4 is 30.3 Å². The standard InChI is InChI=1S/C19H24N4O3.ClH/c1-21-9-8-20-19(21)23-12-10-22(11-13-23)18(24)7-5-15-4-6-16(25-2)17(14-15)26-3;/h4-9,14H,10-13H2,1-3H3;1H. The maximum absolute atomic E-state index is 12.5. The molecular weight excluding hydrogens is 368 g/mol. The number of piperazine rings is 1. The van der Waals surface area contributed by atoms with Gasteiger partial charge >= 0.3 is 0 Å². The van der Waals surface area contributed by atoms with Crippen LogP contribution in [-0.2, 0) is 11.8 Å². The van der Waals surface area contributed by atoms with Gasteiger partial charge in [0.25, 0.3) is 0 Å². The summed E-state index contributed by atoms with van der Waals surface area (Å²) >= 11 is 0. The Hall–Kier alpha value is -2.67. The maximum Gasteiger partial charge on any atom is 0.246 e. The predicted molar refractivity (Wildman–Crippen MR) is 108 cm³/mol.